The summed E-state index contributed by atoms with van der Waals surface area (Å²) in [6, 6.07) is 0. The number of imide groups is 2. The molecule has 5 amide bonds. The van der Waals surface area contributed by atoms with Gasteiger partial charge in [0, 0.05) is 46.5 Å². The lowest BCUT2D eigenvalue weighted by Crippen LogP contribution is -2.45. The molecule has 0 radical (unpaired) electrons. The average molecular weight is 1040 g/mol. The molecule has 3 aliphatic heterocycles. The smallest absolute Gasteiger partial charge is 0.342 e. The molecule has 0 aromatic rings. The molecule has 410 valence electrons. The summed E-state index contributed by atoms with van der Waals surface area (Å²) in [5, 5.41) is 5.63. The fourth-order valence-electron chi connectivity index (χ4n) is 9.58. The van der Waals surface area contributed by atoms with Gasteiger partial charge in [-0.1, -0.05) is 93.2 Å². The number of rotatable bonds is 18. The lowest BCUT2D eigenvalue weighted by Gasteiger charge is -2.22. The number of nitrogens with one attached hydrogen (secondary N) is 2. The van der Waals surface area contributed by atoms with E-state index in [-0.39, 0.29) is 48.7 Å². The molecule has 0 saturated carbocycles. The van der Waals surface area contributed by atoms with E-state index in [1.165, 1.54) is 33.4 Å². The van der Waals surface area contributed by atoms with E-state index in [2.05, 4.69) is 119 Å². The van der Waals surface area contributed by atoms with Gasteiger partial charge >= 0.3 is 11.9 Å². The summed E-state index contributed by atoms with van der Waals surface area (Å²) in [5.74, 6) is -2.55. The predicted octanol–water partition coefficient (Wildman–Crippen LogP) is 9.53. The van der Waals surface area contributed by atoms with Crippen molar-refractivity contribution in [3.05, 3.63) is 138 Å². The van der Waals surface area contributed by atoms with Crippen LogP contribution in [0, 0.1) is 0 Å². The van der Waals surface area contributed by atoms with Gasteiger partial charge in [-0.2, -0.15) is 0 Å². The Morgan fingerprint density at radius 2 is 0.842 bits per heavy atom. The van der Waals surface area contributed by atoms with Gasteiger partial charge < -0.3 is 26.8 Å². The molecule has 0 bridgehead atoms. The van der Waals surface area contributed by atoms with Crippen LogP contribution in [0.15, 0.2) is 138 Å². The number of hydrogen-bond donors (Lipinski definition) is 4. The molecule has 3 heterocycles. The van der Waals surface area contributed by atoms with E-state index in [0.717, 1.165) is 72.3 Å². The Hall–Kier alpha value is -6.68. The van der Waals surface area contributed by atoms with Crippen LogP contribution in [0.5, 0.6) is 0 Å². The van der Waals surface area contributed by atoms with Gasteiger partial charge in [-0.15, -0.1) is 0 Å². The fourth-order valence-corrected chi connectivity index (χ4v) is 9.58. The topological polar surface area (TPSA) is 228 Å². The number of ketones is 1. The summed E-state index contributed by atoms with van der Waals surface area (Å²) in [6.45, 7) is 18.4. The van der Waals surface area contributed by atoms with Gasteiger partial charge in [0.2, 0.25) is 5.91 Å². The highest BCUT2D eigenvalue weighted by atomic mass is 16.6. The van der Waals surface area contributed by atoms with Crippen molar-refractivity contribution in [1.29, 1.82) is 0 Å². The molecule has 0 aromatic heterocycles. The second-order valence-electron chi connectivity index (χ2n) is 20.8. The fraction of sp³-hybridized carbons (Fsp3) is 0.475. The van der Waals surface area contributed by atoms with Crippen molar-refractivity contribution in [2.45, 2.75) is 165 Å². The third kappa shape index (κ3) is 17.7. The van der Waals surface area contributed by atoms with Crippen LogP contribution in [0.2, 0.25) is 0 Å². The third-order valence-corrected chi connectivity index (χ3v) is 13.6. The Morgan fingerprint density at radius 1 is 0.500 bits per heavy atom. The first kappa shape index (κ1) is 61.9. The first-order valence-electron chi connectivity index (χ1n) is 26.6. The maximum Gasteiger partial charge on any atom is 0.342 e. The number of nitrogens with zero attached hydrogens (tertiary/aromatic N) is 2. The number of cyclic esters (lactones) is 2. The predicted molar refractivity (Wildman–Crippen MR) is 298 cm³/mol. The number of Topliss-reactive ketones (excluding diaryl/α,β-unsaturated/α-hetero) is 1. The van der Waals surface area contributed by atoms with E-state index in [4.69, 9.17) is 0 Å². The molecule has 7 rings (SSSR count). The third-order valence-electron chi connectivity index (χ3n) is 13.6. The molecule has 7 aliphatic rings. The van der Waals surface area contributed by atoms with Gasteiger partial charge in [0.25, 0.3) is 23.6 Å². The van der Waals surface area contributed by atoms with Crippen molar-refractivity contribution in [3.8, 4) is 0 Å². The van der Waals surface area contributed by atoms with Crippen molar-refractivity contribution >= 4 is 47.3 Å². The van der Waals surface area contributed by atoms with Crippen molar-refractivity contribution < 1.29 is 43.1 Å². The number of esters is 2. The summed E-state index contributed by atoms with van der Waals surface area (Å²) in [5.41, 5.74) is 23.6. The summed E-state index contributed by atoms with van der Waals surface area (Å²) in [4.78, 5) is 101. The molecular weight excluding hydrogens is 961 g/mol. The number of ether oxygens (including phenoxy) is 1. The Morgan fingerprint density at radius 3 is 1.22 bits per heavy atom. The van der Waals surface area contributed by atoms with Crippen LogP contribution in [-0.2, 0) is 43.1 Å². The monoisotopic (exact) mass is 1040 g/mol. The van der Waals surface area contributed by atoms with Gasteiger partial charge in [-0.3, -0.25) is 38.6 Å². The molecule has 0 atom stereocenters. The molecule has 15 heteroatoms. The maximum atomic E-state index is 13.1. The highest BCUT2D eigenvalue weighted by Gasteiger charge is 2.45. The molecule has 6 N–H and O–H groups in total. The van der Waals surface area contributed by atoms with E-state index < -0.39 is 11.9 Å². The summed E-state index contributed by atoms with van der Waals surface area (Å²) >= 11 is 0. The van der Waals surface area contributed by atoms with Gasteiger partial charge in [-0.25, -0.2) is 9.59 Å². The van der Waals surface area contributed by atoms with Gasteiger partial charge in [0.05, 0.1) is 17.8 Å². The van der Waals surface area contributed by atoms with Crippen LogP contribution in [0.25, 0.3) is 0 Å². The summed E-state index contributed by atoms with van der Waals surface area (Å²) in [6.07, 6.45) is 28.4. The Kier molecular flexibility index (Phi) is 24.6. The zero-order chi connectivity index (χ0) is 56.2. The molecule has 0 unspecified atom stereocenters. The molecule has 0 spiro atoms. The van der Waals surface area contributed by atoms with Crippen LogP contribution in [0.1, 0.15) is 165 Å². The molecule has 0 fully saturated rings. The first-order chi connectivity index (χ1) is 36.1. The Labute approximate surface area is 450 Å². The van der Waals surface area contributed by atoms with Gasteiger partial charge in [0.15, 0.2) is 5.78 Å². The molecule has 76 heavy (non-hydrogen) atoms. The van der Waals surface area contributed by atoms with Crippen LogP contribution in [-0.4, -0.2) is 84.1 Å². The van der Waals surface area contributed by atoms with Crippen LogP contribution in [0.4, 0.5) is 0 Å². The molecular formula is C61H82N6O9. The minimum absolute atomic E-state index is 0.00239. The quantitative estimate of drug-likeness (QED) is 0.0331. The van der Waals surface area contributed by atoms with Crippen molar-refractivity contribution in [3.63, 3.8) is 0 Å². The molecule has 0 aromatic carbocycles. The van der Waals surface area contributed by atoms with Crippen molar-refractivity contribution in [2.75, 3.05) is 27.1 Å². The van der Waals surface area contributed by atoms with E-state index in [0.29, 0.717) is 103 Å². The van der Waals surface area contributed by atoms with Crippen LogP contribution < -0.4 is 22.1 Å². The highest BCUT2D eigenvalue weighted by molar-refractivity contribution is 6.22. The zero-order valence-electron chi connectivity index (χ0n) is 46.8. The average Bonchev–Trinajstić information content (AvgIpc) is 3.88. The van der Waals surface area contributed by atoms with Crippen LogP contribution in [0.3, 0.4) is 0 Å². The highest BCUT2D eigenvalue weighted by Crippen LogP contribution is 2.38. The Balaban J connectivity index is 0.000000259. The largest absolute Gasteiger partial charge is 0.386 e. The number of allylic oxidation sites excluding steroid dienone is 17. The second-order valence-corrected chi connectivity index (χ2v) is 20.8. The molecule has 0 saturated heterocycles. The number of carbonyl (C=O) groups excluding carboxylic acids is 8. The minimum Gasteiger partial charge on any atom is -0.386 e. The summed E-state index contributed by atoms with van der Waals surface area (Å²) < 4.78 is 4.60. The number of carbonyl (C=O) groups is 8. The maximum absolute atomic E-state index is 13.1. The first-order valence-corrected chi connectivity index (χ1v) is 26.6. The standard InChI is InChI=1S/C29H34N2O4.C17H26N2O2.C14H16O3.CH6N2/c1-18(2)7-5-9-20-11-13-22-24(15-20)28(34)30(26(22)32)17-31-27(33)23-14-12-21(10-6-8-19(3)4)16-25(23)29(31)35;1-12(2)6-5-7-14-8-9-15(16(10-14)13(3)20)17(21)19-11-18-4;1-9(2)4-3-5-10-6-7-11-12(8-10)14(16)17-13(11)15;2-1-3/h7-8,11-12H,5-6,9-10,13-17H2,1-4H3;6,8,18H,5,7,9-11H2,1-4H3,(H,19,21);4,6H,3,5,7-8H2,1-2H3;1-3H2. The lowest BCUT2D eigenvalue weighted by atomic mass is 9.87. The normalized spacial score (nSPS) is 17.6. The van der Waals surface area contributed by atoms with E-state index >= 15 is 0 Å². The SMILES string of the molecule is CC(C)=CCCC1=CCC2=C(C1)C(=O)N(CN1C(=O)C3=C(CC(CCC=C(C)C)=CC3)C1=O)C2=O.CC(C)=CCCC1=CCC2=C(C1)C(=O)OC2=O.CNCNC(=O)C1=C(C(C)=O)CC(CCC=C(C)C)=CC1.NCN. The second kappa shape index (κ2) is 30.2. The van der Waals surface area contributed by atoms with Gasteiger partial charge in [0.1, 0.15) is 6.67 Å². The lowest BCUT2D eigenvalue weighted by molar-refractivity contribution is -0.152. The minimum atomic E-state index is -0.454. The van der Waals surface area contributed by atoms with Crippen molar-refractivity contribution in [1.82, 2.24) is 20.4 Å². The number of nitrogens with two attached hydrogens (primary N) is 2. The Bertz CT molecular complexity index is 2620. The number of amides is 5. The van der Waals surface area contributed by atoms with E-state index in [9.17, 15) is 38.4 Å². The van der Waals surface area contributed by atoms with Gasteiger partial charge in [-0.05, 0) is 166 Å². The van der Waals surface area contributed by atoms with Crippen LogP contribution >= 0.6 is 0 Å². The van der Waals surface area contributed by atoms with Crippen molar-refractivity contribution in [2.24, 2.45) is 11.5 Å². The zero-order valence-corrected chi connectivity index (χ0v) is 46.8. The number of hydrogen-bond acceptors (Lipinski definition) is 12. The van der Waals surface area contributed by atoms with E-state index in [1.807, 2.05) is 12.2 Å². The molecule has 15 nitrogen and oxygen atoms in total. The summed E-state index contributed by atoms with van der Waals surface area (Å²) in [7, 11) is 1.77. The molecule has 4 aliphatic carbocycles. The van der Waals surface area contributed by atoms with E-state index in [1.54, 1.807) is 14.0 Å².